The second-order valence-electron chi connectivity index (χ2n) is 3.33. The summed E-state index contributed by atoms with van der Waals surface area (Å²) in [6, 6.07) is 8.76. The molecule has 0 saturated heterocycles. The summed E-state index contributed by atoms with van der Waals surface area (Å²) in [5.41, 5.74) is 6.21. The van der Waals surface area contributed by atoms with Crippen molar-refractivity contribution < 1.29 is 9.53 Å². The van der Waals surface area contributed by atoms with Crippen molar-refractivity contribution in [3.8, 4) is 5.75 Å². The van der Waals surface area contributed by atoms with Gasteiger partial charge in [-0.3, -0.25) is 0 Å². The van der Waals surface area contributed by atoms with Gasteiger partial charge in [0.05, 0.1) is 0 Å². The first-order valence-electron chi connectivity index (χ1n) is 4.02. The smallest absolute Gasteiger partial charge is 0.332 e. The predicted octanol–water partition coefficient (Wildman–Crippen LogP) is 1.65. The number of ether oxygens (including phenoxy) is 1. The highest BCUT2D eigenvalue weighted by atomic mass is 16.5. The summed E-state index contributed by atoms with van der Waals surface area (Å²) in [4.78, 5) is 11.2. The lowest BCUT2D eigenvalue weighted by atomic mass is 10.1. The molecule has 0 aliphatic rings. The minimum Gasteiger partial charge on any atom is -0.425 e. The van der Waals surface area contributed by atoms with Crippen LogP contribution in [-0.2, 0) is 4.79 Å². The third-order valence-corrected chi connectivity index (χ3v) is 1.46. The molecule has 0 saturated carbocycles. The standard InChI is InChI=1S/C10H12NO2/c1-10(2,11)9(12)13-8-6-4-3-5-7-8/h3-7,11H,1-2H3. The van der Waals surface area contributed by atoms with E-state index in [1.807, 2.05) is 6.07 Å². The van der Waals surface area contributed by atoms with E-state index in [1.54, 1.807) is 24.3 Å². The van der Waals surface area contributed by atoms with Crippen LogP contribution in [-0.4, -0.2) is 11.5 Å². The number of carbonyl (C=O) groups excluding carboxylic acids is 1. The van der Waals surface area contributed by atoms with E-state index in [0.29, 0.717) is 5.75 Å². The number of esters is 1. The molecule has 0 aliphatic carbocycles. The van der Waals surface area contributed by atoms with Gasteiger partial charge in [0.1, 0.15) is 11.3 Å². The first-order chi connectivity index (χ1) is 6.00. The van der Waals surface area contributed by atoms with E-state index >= 15 is 0 Å². The molecule has 0 heterocycles. The van der Waals surface area contributed by atoms with Gasteiger partial charge < -0.3 is 4.74 Å². The molecule has 0 fully saturated rings. The lowest BCUT2D eigenvalue weighted by Gasteiger charge is -2.14. The highest BCUT2D eigenvalue weighted by Gasteiger charge is 2.25. The van der Waals surface area contributed by atoms with Gasteiger partial charge in [-0.2, -0.15) is 0 Å². The Morgan fingerprint density at radius 3 is 2.31 bits per heavy atom. The fourth-order valence-electron chi connectivity index (χ4n) is 0.723. The fraction of sp³-hybridized carbons (Fsp3) is 0.300. The molecule has 0 unspecified atom stereocenters. The summed E-state index contributed by atoms with van der Waals surface area (Å²) < 4.78 is 4.95. The maximum atomic E-state index is 11.2. The highest BCUT2D eigenvalue weighted by molar-refractivity contribution is 5.81. The second-order valence-corrected chi connectivity index (χ2v) is 3.33. The SMILES string of the molecule is CC(C)([NH])C(=O)Oc1ccccc1. The van der Waals surface area contributed by atoms with Gasteiger partial charge in [-0.15, -0.1) is 0 Å². The normalized spacial score (nSPS) is 11.0. The van der Waals surface area contributed by atoms with Crippen molar-refractivity contribution in [2.24, 2.45) is 0 Å². The molecule has 1 aromatic rings. The lowest BCUT2D eigenvalue weighted by molar-refractivity contribution is -0.139. The molecule has 3 heteroatoms. The molecular weight excluding hydrogens is 166 g/mol. The molecule has 1 radical (unpaired) electrons. The first-order valence-corrected chi connectivity index (χ1v) is 4.02. The zero-order valence-corrected chi connectivity index (χ0v) is 7.70. The molecule has 69 valence electrons. The predicted molar refractivity (Wildman–Crippen MR) is 49.3 cm³/mol. The van der Waals surface area contributed by atoms with Gasteiger partial charge >= 0.3 is 5.97 Å². The van der Waals surface area contributed by atoms with Crippen molar-refractivity contribution >= 4 is 5.97 Å². The lowest BCUT2D eigenvalue weighted by Crippen LogP contribution is -2.36. The third-order valence-electron chi connectivity index (χ3n) is 1.46. The van der Waals surface area contributed by atoms with Crippen LogP contribution in [0.15, 0.2) is 30.3 Å². The first kappa shape index (κ1) is 9.74. The summed E-state index contributed by atoms with van der Waals surface area (Å²) in [5, 5.41) is 0. The zero-order valence-electron chi connectivity index (χ0n) is 7.70. The fourth-order valence-corrected chi connectivity index (χ4v) is 0.723. The molecular formula is C10H12NO2. The Morgan fingerprint density at radius 2 is 1.85 bits per heavy atom. The monoisotopic (exact) mass is 178 g/mol. The molecule has 0 amide bonds. The number of nitrogens with one attached hydrogen (secondary N) is 1. The van der Waals surface area contributed by atoms with Gasteiger partial charge in [0.15, 0.2) is 0 Å². The largest absolute Gasteiger partial charge is 0.425 e. The van der Waals surface area contributed by atoms with Crippen molar-refractivity contribution in [1.82, 2.24) is 5.73 Å². The summed E-state index contributed by atoms with van der Waals surface area (Å²) in [5.74, 6) is -0.0634. The molecule has 1 N–H and O–H groups in total. The van der Waals surface area contributed by atoms with Gasteiger partial charge in [0, 0.05) is 0 Å². The van der Waals surface area contributed by atoms with E-state index in [4.69, 9.17) is 10.5 Å². The van der Waals surface area contributed by atoms with Crippen LogP contribution in [0.1, 0.15) is 13.8 Å². The van der Waals surface area contributed by atoms with Crippen molar-refractivity contribution in [1.29, 1.82) is 0 Å². The van der Waals surface area contributed by atoms with E-state index in [9.17, 15) is 4.79 Å². The summed E-state index contributed by atoms with van der Waals surface area (Å²) in [7, 11) is 0. The minimum atomic E-state index is -1.20. The number of para-hydroxylation sites is 1. The van der Waals surface area contributed by atoms with Crippen molar-refractivity contribution in [3.63, 3.8) is 0 Å². The Kier molecular flexibility index (Phi) is 2.68. The third kappa shape index (κ3) is 2.87. The van der Waals surface area contributed by atoms with E-state index in [2.05, 4.69) is 0 Å². The number of carbonyl (C=O) groups is 1. The molecule has 3 nitrogen and oxygen atoms in total. The zero-order chi connectivity index (χ0) is 9.90. The molecule has 0 aromatic heterocycles. The van der Waals surface area contributed by atoms with Crippen LogP contribution >= 0.6 is 0 Å². The highest BCUT2D eigenvalue weighted by Crippen LogP contribution is 2.12. The summed E-state index contributed by atoms with van der Waals surface area (Å²) in [6.07, 6.45) is 0. The van der Waals surface area contributed by atoms with Gasteiger partial charge in [0.25, 0.3) is 0 Å². The van der Waals surface area contributed by atoms with Crippen molar-refractivity contribution in [2.75, 3.05) is 0 Å². The van der Waals surface area contributed by atoms with Gasteiger partial charge in [-0.05, 0) is 26.0 Å². The molecule has 0 aliphatic heterocycles. The molecule has 0 bridgehead atoms. The molecule has 1 aromatic carbocycles. The number of benzene rings is 1. The van der Waals surface area contributed by atoms with E-state index in [-0.39, 0.29) is 0 Å². The minimum absolute atomic E-state index is 0.479. The molecule has 13 heavy (non-hydrogen) atoms. The van der Waals surface area contributed by atoms with Crippen LogP contribution < -0.4 is 10.5 Å². The van der Waals surface area contributed by atoms with Crippen LogP contribution in [0.2, 0.25) is 0 Å². The van der Waals surface area contributed by atoms with E-state index in [0.717, 1.165) is 0 Å². The van der Waals surface area contributed by atoms with Crippen LogP contribution in [0, 0.1) is 0 Å². The van der Waals surface area contributed by atoms with Crippen molar-refractivity contribution in [2.45, 2.75) is 19.4 Å². The number of hydrogen-bond acceptors (Lipinski definition) is 2. The topological polar surface area (TPSA) is 50.1 Å². The molecule has 0 atom stereocenters. The summed E-state index contributed by atoms with van der Waals surface area (Å²) in [6.45, 7) is 3.00. The average molecular weight is 178 g/mol. The van der Waals surface area contributed by atoms with E-state index in [1.165, 1.54) is 13.8 Å². The molecule has 0 spiro atoms. The summed E-state index contributed by atoms with van der Waals surface area (Å²) >= 11 is 0. The van der Waals surface area contributed by atoms with Crippen molar-refractivity contribution in [3.05, 3.63) is 30.3 Å². The maximum Gasteiger partial charge on any atom is 0.332 e. The molecule has 1 rings (SSSR count). The Labute approximate surface area is 77.5 Å². The second kappa shape index (κ2) is 3.58. The van der Waals surface area contributed by atoms with Crippen LogP contribution in [0.5, 0.6) is 5.75 Å². The maximum absolute atomic E-state index is 11.2. The Bertz CT molecular complexity index is 288. The van der Waals surface area contributed by atoms with Crippen LogP contribution in [0.25, 0.3) is 0 Å². The number of rotatable bonds is 2. The quantitative estimate of drug-likeness (QED) is 0.510. The Hall–Kier alpha value is -1.35. The van der Waals surface area contributed by atoms with Gasteiger partial charge in [-0.1, -0.05) is 18.2 Å². The van der Waals surface area contributed by atoms with Crippen LogP contribution in [0.4, 0.5) is 0 Å². The Morgan fingerprint density at radius 1 is 1.31 bits per heavy atom. The average Bonchev–Trinajstić information content (AvgIpc) is 2.04. The van der Waals surface area contributed by atoms with Gasteiger partial charge in [-0.25, -0.2) is 10.5 Å². The van der Waals surface area contributed by atoms with Crippen LogP contribution in [0.3, 0.4) is 0 Å². The van der Waals surface area contributed by atoms with Gasteiger partial charge in [0.2, 0.25) is 0 Å². The Balaban J connectivity index is 2.66. The van der Waals surface area contributed by atoms with E-state index < -0.39 is 11.5 Å². The number of hydrogen-bond donors (Lipinski definition) is 0.